The van der Waals surface area contributed by atoms with Gasteiger partial charge in [-0.15, -0.1) is 5.75 Å². The Morgan fingerprint density at radius 3 is 1.91 bits per heavy atom. The molecule has 0 amide bonds. The van der Waals surface area contributed by atoms with Crippen LogP contribution in [0.25, 0.3) is 0 Å². The maximum atomic E-state index is 12.1. The van der Waals surface area contributed by atoms with Crippen LogP contribution in [-0.4, -0.2) is 13.0 Å². The first-order valence-corrected chi connectivity index (χ1v) is 12.9. The fourth-order valence-corrected chi connectivity index (χ4v) is 4.63. The number of aryl methyl sites for hydroxylation is 1. The summed E-state index contributed by atoms with van der Waals surface area (Å²) in [5, 5.41) is 12.1. The minimum atomic E-state index is -4.53. The predicted molar refractivity (Wildman–Crippen MR) is 122 cm³/mol. The summed E-state index contributed by atoms with van der Waals surface area (Å²) in [5.41, 5.74) is 0.317. The van der Waals surface area contributed by atoms with Crippen LogP contribution in [-0.2, 0) is 16.5 Å². The Kier molecular flexibility index (Phi) is 15.0. The predicted octanol–water partition coefficient (Wildman–Crippen LogP) is 3.66. The van der Waals surface area contributed by atoms with Crippen molar-refractivity contribution in [3.8, 4) is 17.2 Å². The summed E-state index contributed by atoms with van der Waals surface area (Å²) < 4.78 is 39.5. The van der Waals surface area contributed by atoms with Crippen LogP contribution in [0.3, 0.4) is 0 Å². The van der Waals surface area contributed by atoms with Crippen LogP contribution in [0.4, 0.5) is 0 Å². The van der Waals surface area contributed by atoms with Gasteiger partial charge >= 0.3 is 51.4 Å². The first-order chi connectivity index (χ1) is 14.9. The molecule has 0 saturated heterocycles. The second kappa shape index (κ2) is 16.3. The zero-order valence-corrected chi connectivity index (χ0v) is 23.5. The molecule has 0 aliphatic carbocycles. The van der Waals surface area contributed by atoms with E-state index in [1.165, 1.54) is 57.4 Å². The standard InChI is InChI=1S/C25H36O5S.K/c1-2-3-4-5-6-7-8-9-10-11-13-16-21-19-22(26)20-24(25(21)31(27,28)29)30-23-17-14-12-15-18-23;/h12,14-15,17-20,26H,2-11,13,16H2,1H3,(H,27,28,29);/q;+1/p-1. The van der Waals surface area contributed by atoms with Crippen molar-refractivity contribution < 1.29 is 74.2 Å². The fourth-order valence-electron chi connectivity index (χ4n) is 3.78. The zero-order valence-electron chi connectivity index (χ0n) is 19.5. The van der Waals surface area contributed by atoms with Gasteiger partial charge in [0, 0.05) is 0 Å². The van der Waals surface area contributed by atoms with Gasteiger partial charge in [-0.1, -0.05) is 95.4 Å². The Bertz CT molecular complexity index is 885. The average Bonchev–Trinajstić information content (AvgIpc) is 2.71. The number of para-hydroxylation sites is 1. The number of benzene rings is 2. The topological polar surface area (TPSA) is 86.7 Å². The average molecular weight is 487 g/mol. The number of rotatable bonds is 15. The molecule has 2 aromatic rings. The minimum absolute atomic E-state index is 0. The van der Waals surface area contributed by atoms with Crippen LogP contribution >= 0.6 is 0 Å². The van der Waals surface area contributed by atoms with Crippen molar-refractivity contribution in [1.82, 2.24) is 0 Å². The van der Waals surface area contributed by atoms with Crippen molar-refractivity contribution in [2.75, 3.05) is 0 Å². The summed E-state index contributed by atoms with van der Waals surface area (Å²) >= 11 is 0. The molecule has 0 heterocycles. The summed E-state index contributed by atoms with van der Waals surface area (Å²) in [6.07, 6.45) is 13.4. The van der Waals surface area contributed by atoms with Crippen molar-refractivity contribution in [3.05, 3.63) is 48.0 Å². The number of hydrogen-bond acceptors (Lipinski definition) is 4. The summed E-state index contributed by atoms with van der Waals surface area (Å²) in [5.74, 6) is -0.0608. The monoisotopic (exact) mass is 486 g/mol. The molecule has 0 aliphatic rings. The first-order valence-electron chi connectivity index (χ1n) is 11.5. The molecule has 0 spiro atoms. The van der Waals surface area contributed by atoms with Gasteiger partial charge in [0.1, 0.15) is 16.4 Å². The molecule has 32 heavy (non-hydrogen) atoms. The summed E-state index contributed by atoms with van der Waals surface area (Å²) in [7, 11) is -4.53. The Morgan fingerprint density at radius 2 is 1.38 bits per heavy atom. The van der Waals surface area contributed by atoms with E-state index in [1.54, 1.807) is 30.3 Å². The van der Waals surface area contributed by atoms with E-state index in [-0.39, 0.29) is 67.8 Å². The van der Waals surface area contributed by atoms with Crippen molar-refractivity contribution in [2.24, 2.45) is 0 Å². The summed E-state index contributed by atoms with van der Waals surface area (Å²) in [4.78, 5) is -0.303. The SMILES string of the molecule is CCCCCCCCCCCCCc1cc([O-])cc(Oc2ccccc2)c1S(=O)(=O)O.[K+]. The van der Waals surface area contributed by atoms with E-state index in [0.717, 1.165) is 25.3 Å². The molecule has 0 fully saturated rings. The fraction of sp³-hybridized carbons (Fsp3) is 0.520. The molecule has 7 heteroatoms. The van der Waals surface area contributed by atoms with Gasteiger partial charge in [0.25, 0.3) is 10.1 Å². The van der Waals surface area contributed by atoms with E-state index in [9.17, 15) is 18.1 Å². The Labute approximate surface area is 236 Å². The third-order valence-corrected chi connectivity index (χ3v) is 6.36. The summed E-state index contributed by atoms with van der Waals surface area (Å²) in [6, 6.07) is 11.0. The van der Waals surface area contributed by atoms with Gasteiger partial charge in [0.05, 0.1) is 0 Å². The molecule has 0 aliphatic heterocycles. The molecule has 1 N–H and O–H groups in total. The van der Waals surface area contributed by atoms with Crippen molar-refractivity contribution >= 4 is 10.1 Å². The van der Waals surface area contributed by atoms with E-state index in [0.29, 0.717) is 17.7 Å². The molecule has 0 aromatic heterocycles. The zero-order chi connectivity index (χ0) is 22.5. The van der Waals surface area contributed by atoms with Gasteiger partial charge in [-0.25, -0.2) is 0 Å². The molecule has 0 atom stereocenters. The maximum Gasteiger partial charge on any atom is 1.00 e. The van der Waals surface area contributed by atoms with Crippen molar-refractivity contribution in [1.29, 1.82) is 0 Å². The molecule has 0 unspecified atom stereocenters. The van der Waals surface area contributed by atoms with Crippen LogP contribution in [0.1, 0.15) is 83.1 Å². The van der Waals surface area contributed by atoms with Gasteiger partial charge in [-0.2, -0.15) is 8.42 Å². The van der Waals surface area contributed by atoms with Gasteiger partial charge in [0.15, 0.2) is 0 Å². The Balaban J connectivity index is 0.00000512. The number of hydrogen-bond donors (Lipinski definition) is 1. The Morgan fingerprint density at radius 1 is 0.844 bits per heavy atom. The molecule has 5 nitrogen and oxygen atoms in total. The molecular formula is C25H35KO5S. The third-order valence-electron chi connectivity index (χ3n) is 5.38. The van der Waals surface area contributed by atoms with Crippen LogP contribution in [0.15, 0.2) is 47.4 Å². The number of unbranched alkanes of at least 4 members (excludes halogenated alkanes) is 10. The molecule has 0 bridgehead atoms. The summed E-state index contributed by atoms with van der Waals surface area (Å²) in [6.45, 7) is 2.23. The van der Waals surface area contributed by atoms with Crippen LogP contribution in [0.2, 0.25) is 0 Å². The van der Waals surface area contributed by atoms with Crippen LogP contribution in [0.5, 0.6) is 17.2 Å². The molecule has 172 valence electrons. The minimum Gasteiger partial charge on any atom is -0.872 e. The normalized spacial score (nSPS) is 11.2. The number of ether oxygens (including phenoxy) is 1. The quantitative estimate of drug-likeness (QED) is 0.236. The molecule has 2 aromatic carbocycles. The first kappa shape index (κ1) is 29.6. The second-order valence-electron chi connectivity index (χ2n) is 8.09. The van der Waals surface area contributed by atoms with Crippen LogP contribution in [0, 0.1) is 0 Å². The van der Waals surface area contributed by atoms with Crippen LogP contribution < -0.4 is 61.2 Å². The van der Waals surface area contributed by atoms with Gasteiger partial charge < -0.3 is 9.84 Å². The van der Waals surface area contributed by atoms with E-state index in [4.69, 9.17) is 4.74 Å². The van der Waals surface area contributed by atoms with Gasteiger partial charge in [0.2, 0.25) is 0 Å². The second-order valence-corrected chi connectivity index (χ2v) is 9.44. The Hall–Kier alpha value is -0.414. The molecule has 2 rings (SSSR count). The largest absolute Gasteiger partial charge is 1.00 e. The van der Waals surface area contributed by atoms with Gasteiger partial charge in [-0.05, 0) is 36.6 Å². The molecule has 0 saturated carbocycles. The smallest absolute Gasteiger partial charge is 0.872 e. The van der Waals surface area contributed by atoms with E-state index in [2.05, 4.69) is 6.92 Å². The van der Waals surface area contributed by atoms with Crippen molar-refractivity contribution in [2.45, 2.75) is 88.9 Å². The molecule has 0 radical (unpaired) electrons. The van der Waals surface area contributed by atoms with E-state index >= 15 is 0 Å². The van der Waals surface area contributed by atoms with Gasteiger partial charge in [-0.3, -0.25) is 4.55 Å². The maximum absolute atomic E-state index is 12.1. The van der Waals surface area contributed by atoms with E-state index in [1.807, 2.05) is 0 Å². The third kappa shape index (κ3) is 11.1. The van der Waals surface area contributed by atoms with Crippen molar-refractivity contribution in [3.63, 3.8) is 0 Å². The van der Waals surface area contributed by atoms with E-state index < -0.39 is 10.1 Å². The molecular weight excluding hydrogens is 451 g/mol.